The first-order valence-electron chi connectivity index (χ1n) is 3.36. The van der Waals surface area contributed by atoms with Crippen LogP contribution in [-0.2, 0) is 10.2 Å². The molecule has 1 aromatic rings. The van der Waals surface area contributed by atoms with Gasteiger partial charge in [0.1, 0.15) is 0 Å². The van der Waals surface area contributed by atoms with Gasteiger partial charge in [-0.1, -0.05) is 41.9 Å². The minimum Gasteiger partial charge on any atom is -0.190 e. The third kappa shape index (κ3) is 3.57. The van der Waals surface area contributed by atoms with E-state index < -0.39 is 10.2 Å². The van der Waals surface area contributed by atoms with Gasteiger partial charge >= 0.3 is 10.2 Å². The molecule has 0 saturated carbocycles. The van der Waals surface area contributed by atoms with Crippen LogP contribution in [0.1, 0.15) is 5.56 Å². The summed E-state index contributed by atoms with van der Waals surface area (Å²) < 4.78 is 32.5. The van der Waals surface area contributed by atoms with Gasteiger partial charge in [0.05, 0.1) is 10.4 Å². The molecule has 0 amide bonds. The van der Waals surface area contributed by atoms with Crippen molar-refractivity contribution in [3.8, 4) is 0 Å². The molecule has 0 bridgehead atoms. The number of rotatable bonds is 2. The van der Waals surface area contributed by atoms with Crippen molar-refractivity contribution in [3.63, 3.8) is 0 Å². The fraction of sp³-hybridized carbons (Fsp3) is 0. The Hall–Kier alpha value is -0.870. The maximum Gasteiger partial charge on any atom is 0.326 e. The van der Waals surface area contributed by atoms with Crippen molar-refractivity contribution in [2.45, 2.75) is 0 Å². The molecule has 0 N–H and O–H groups in total. The SMILES string of the molecule is O=S(=O)(F)/C=C(\Cl)c1ccccc1. The highest BCUT2D eigenvalue weighted by atomic mass is 35.5. The van der Waals surface area contributed by atoms with Crippen LogP contribution in [0.5, 0.6) is 0 Å². The second-order valence-electron chi connectivity index (χ2n) is 2.31. The minimum absolute atomic E-state index is 0.136. The van der Waals surface area contributed by atoms with E-state index in [1.54, 1.807) is 30.3 Å². The van der Waals surface area contributed by atoms with E-state index in [4.69, 9.17) is 11.6 Å². The van der Waals surface area contributed by atoms with Gasteiger partial charge in [-0.05, 0) is 5.56 Å². The second kappa shape index (κ2) is 3.89. The van der Waals surface area contributed by atoms with Crippen molar-refractivity contribution in [1.29, 1.82) is 0 Å². The van der Waals surface area contributed by atoms with E-state index in [0.29, 0.717) is 11.0 Å². The van der Waals surface area contributed by atoms with E-state index in [9.17, 15) is 12.3 Å². The molecule has 0 aliphatic heterocycles. The van der Waals surface area contributed by atoms with Crippen LogP contribution < -0.4 is 0 Å². The maximum absolute atomic E-state index is 12.1. The largest absolute Gasteiger partial charge is 0.326 e. The number of halogens is 2. The van der Waals surface area contributed by atoms with Crippen molar-refractivity contribution in [1.82, 2.24) is 0 Å². The summed E-state index contributed by atoms with van der Waals surface area (Å²) in [6, 6.07) is 8.28. The average Bonchev–Trinajstić information content (AvgIpc) is 2.03. The van der Waals surface area contributed by atoms with Crippen LogP contribution in [0.3, 0.4) is 0 Å². The molecule has 0 unspecified atom stereocenters. The first-order chi connectivity index (χ1) is 5.99. The average molecular weight is 221 g/mol. The minimum atomic E-state index is -4.67. The van der Waals surface area contributed by atoms with Gasteiger partial charge < -0.3 is 0 Å². The van der Waals surface area contributed by atoms with E-state index in [-0.39, 0.29) is 5.03 Å². The molecule has 0 heterocycles. The zero-order chi connectivity index (χ0) is 9.90. The predicted octanol–water partition coefficient (Wildman–Crippen LogP) is 2.52. The lowest BCUT2D eigenvalue weighted by Gasteiger charge is -1.95. The van der Waals surface area contributed by atoms with Crippen molar-refractivity contribution < 1.29 is 12.3 Å². The summed E-state index contributed by atoms with van der Waals surface area (Å²) in [6.07, 6.45) is 0. The summed E-state index contributed by atoms with van der Waals surface area (Å²) in [5, 5.41) is 0.243. The molecule has 0 saturated heterocycles. The molecule has 0 spiro atoms. The Labute approximate surface area is 80.9 Å². The lowest BCUT2D eigenvalue weighted by Crippen LogP contribution is -1.84. The Morgan fingerprint density at radius 2 is 1.85 bits per heavy atom. The van der Waals surface area contributed by atoms with Gasteiger partial charge in [0.15, 0.2) is 0 Å². The summed E-state index contributed by atoms with van der Waals surface area (Å²) in [5.74, 6) is 0. The highest BCUT2D eigenvalue weighted by molar-refractivity contribution is 7.89. The van der Waals surface area contributed by atoms with Crippen molar-refractivity contribution in [2.75, 3.05) is 0 Å². The van der Waals surface area contributed by atoms with Crippen molar-refractivity contribution >= 4 is 26.9 Å². The van der Waals surface area contributed by atoms with Crippen LogP contribution in [0.4, 0.5) is 3.89 Å². The summed E-state index contributed by atoms with van der Waals surface area (Å²) in [5.41, 5.74) is 0.463. The topological polar surface area (TPSA) is 34.1 Å². The van der Waals surface area contributed by atoms with Gasteiger partial charge in [0, 0.05) is 0 Å². The monoisotopic (exact) mass is 220 g/mol. The highest BCUT2D eigenvalue weighted by Crippen LogP contribution is 2.19. The van der Waals surface area contributed by atoms with E-state index in [2.05, 4.69) is 0 Å². The smallest absolute Gasteiger partial charge is 0.190 e. The lowest BCUT2D eigenvalue weighted by atomic mass is 10.2. The molecule has 5 heteroatoms. The fourth-order valence-corrected chi connectivity index (χ4v) is 1.62. The van der Waals surface area contributed by atoms with Gasteiger partial charge in [-0.15, -0.1) is 3.89 Å². The second-order valence-corrected chi connectivity index (χ2v) is 3.90. The van der Waals surface area contributed by atoms with Gasteiger partial charge in [-0.2, -0.15) is 8.42 Å². The fourth-order valence-electron chi connectivity index (χ4n) is 0.789. The zero-order valence-electron chi connectivity index (χ0n) is 6.44. The molecular formula is C8H6ClFO2S. The van der Waals surface area contributed by atoms with E-state index in [1.165, 1.54) is 0 Å². The first kappa shape index (κ1) is 10.2. The van der Waals surface area contributed by atoms with Crippen LogP contribution in [0, 0.1) is 0 Å². The number of benzene rings is 1. The predicted molar refractivity (Wildman–Crippen MR) is 50.3 cm³/mol. The molecule has 0 aliphatic carbocycles. The van der Waals surface area contributed by atoms with Crippen LogP contribution >= 0.6 is 11.6 Å². The molecule has 13 heavy (non-hydrogen) atoms. The molecule has 1 aromatic carbocycles. The van der Waals surface area contributed by atoms with Gasteiger partial charge in [-0.3, -0.25) is 0 Å². The standard InChI is InChI=1S/C8H6ClFO2S/c9-8(6-13(10,11)12)7-4-2-1-3-5-7/h1-6H/b8-6-. The van der Waals surface area contributed by atoms with Crippen LogP contribution in [0.2, 0.25) is 0 Å². The molecule has 0 atom stereocenters. The lowest BCUT2D eigenvalue weighted by molar-refractivity contribution is 0.563. The number of hydrogen-bond donors (Lipinski definition) is 0. The van der Waals surface area contributed by atoms with Crippen LogP contribution in [0.15, 0.2) is 35.7 Å². The van der Waals surface area contributed by atoms with Crippen molar-refractivity contribution in [2.24, 2.45) is 0 Å². The molecular weight excluding hydrogens is 215 g/mol. The Kier molecular flexibility index (Phi) is 3.06. The molecule has 0 aliphatic rings. The molecule has 0 aromatic heterocycles. The summed E-state index contributed by atoms with van der Waals surface area (Å²) in [7, 11) is -4.67. The zero-order valence-corrected chi connectivity index (χ0v) is 8.02. The maximum atomic E-state index is 12.1. The van der Waals surface area contributed by atoms with Crippen LogP contribution in [0.25, 0.3) is 5.03 Å². The Balaban J connectivity index is 3.06. The quantitative estimate of drug-likeness (QED) is 0.718. The third-order valence-electron chi connectivity index (χ3n) is 1.29. The number of hydrogen-bond acceptors (Lipinski definition) is 2. The van der Waals surface area contributed by atoms with Crippen LogP contribution in [-0.4, -0.2) is 8.42 Å². The molecule has 1 rings (SSSR count). The molecule has 0 radical (unpaired) electrons. The van der Waals surface area contributed by atoms with Gasteiger partial charge in [0.2, 0.25) is 0 Å². The first-order valence-corrected chi connectivity index (χ1v) is 5.19. The highest BCUT2D eigenvalue weighted by Gasteiger charge is 2.05. The Bertz CT molecular complexity index is 411. The third-order valence-corrected chi connectivity index (χ3v) is 2.27. The Morgan fingerprint density at radius 3 is 2.31 bits per heavy atom. The van der Waals surface area contributed by atoms with Gasteiger partial charge in [0.25, 0.3) is 0 Å². The Morgan fingerprint density at radius 1 is 1.31 bits per heavy atom. The molecule has 0 fully saturated rings. The van der Waals surface area contributed by atoms with E-state index in [0.717, 1.165) is 0 Å². The molecule has 2 nitrogen and oxygen atoms in total. The summed E-state index contributed by atoms with van der Waals surface area (Å²) in [6.45, 7) is 0. The van der Waals surface area contributed by atoms with Gasteiger partial charge in [-0.25, -0.2) is 0 Å². The molecule has 70 valence electrons. The normalized spacial score (nSPS) is 12.9. The summed E-state index contributed by atoms with van der Waals surface area (Å²) >= 11 is 5.53. The summed E-state index contributed by atoms with van der Waals surface area (Å²) in [4.78, 5) is 0. The van der Waals surface area contributed by atoms with E-state index in [1.807, 2.05) is 0 Å². The van der Waals surface area contributed by atoms with E-state index >= 15 is 0 Å². The van der Waals surface area contributed by atoms with Crippen molar-refractivity contribution in [3.05, 3.63) is 41.3 Å².